The molecule has 1 aromatic carbocycles. The first-order valence-corrected chi connectivity index (χ1v) is 8.31. The molecule has 5 nitrogen and oxygen atoms in total. The molecule has 5 heteroatoms. The van der Waals surface area contributed by atoms with Gasteiger partial charge in [0.2, 0.25) is 5.78 Å². The van der Waals surface area contributed by atoms with Crippen LogP contribution >= 0.6 is 0 Å². The van der Waals surface area contributed by atoms with E-state index in [2.05, 4.69) is 65.4 Å². The van der Waals surface area contributed by atoms with Crippen molar-refractivity contribution in [3.8, 4) is 0 Å². The van der Waals surface area contributed by atoms with Gasteiger partial charge in [0.25, 0.3) is 5.56 Å². The van der Waals surface area contributed by atoms with Crippen LogP contribution in [0.2, 0.25) is 0 Å². The largest absolute Gasteiger partial charge is 0.291 e. The van der Waals surface area contributed by atoms with Crippen molar-refractivity contribution in [3.05, 3.63) is 69.9 Å². The summed E-state index contributed by atoms with van der Waals surface area (Å²) in [5.41, 5.74) is 2.13. The summed E-state index contributed by atoms with van der Waals surface area (Å²) in [6.07, 6.45) is 7.26. The molecule has 24 heavy (non-hydrogen) atoms. The third-order valence-corrected chi connectivity index (χ3v) is 3.50. The number of aryl methyl sites for hydroxylation is 2. The number of hydrogen-bond acceptors (Lipinski definition) is 3. The number of H-pyrrole nitrogens is 1. The molecule has 0 saturated carbocycles. The Morgan fingerprint density at radius 2 is 1.92 bits per heavy atom. The minimum absolute atomic E-state index is 0.117. The number of rotatable bonds is 4. The summed E-state index contributed by atoms with van der Waals surface area (Å²) in [6.45, 7) is 6.09. The summed E-state index contributed by atoms with van der Waals surface area (Å²) in [7, 11) is 0. The van der Waals surface area contributed by atoms with Crippen molar-refractivity contribution in [2.75, 3.05) is 0 Å². The van der Waals surface area contributed by atoms with Gasteiger partial charge in [-0.15, -0.1) is 10.2 Å². The highest BCUT2D eigenvalue weighted by atomic mass is 16.1. The standard InChI is InChI=1S/C10H12.C9H12N4O/c1-2-3-7-10-8-5-4-6-9-10;1-3-4-7-5-8(14)10-9-12-11-6(2)13(7)9/h3-9H,2H2,1H3;5H,3-4H2,1-2H3,(H,10,12,14)/b7-3+;. The molecule has 0 bridgehead atoms. The number of nitrogens with zero attached hydrogens (tertiary/aromatic N) is 3. The summed E-state index contributed by atoms with van der Waals surface area (Å²) >= 11 is 0. The minimum Gasteiger partial charge on any atom is -0.291 e. The normalized spacial score (nSPS) is 10.8. The summed E-state index contributed by atoms with van der Waals surface area (Å²) < 4.78 is 1.88. The van der Waals surface area contributed by atoms with E-state index in [9.17, 15) is 4.79 Å². The van der Waals surface area contributed by atoms with Crippen LogP contribution in [-0.2, 0) is 6.42 Å². The van der Waals surface area contributed by atoms with Crippen molar-refractivity contribution in [2.45, 2.75) is 40.0 Å². The van der Waals surface area contributed by atoms with E-state index in [-0.39, 0.29) is 5.56 Å². The molecule has 2 heterocycles. The highest BCUT2D eigenvalue weighted by molar-refractivity contribution is 5.48. The van der Waals surface area contributed by atoms with Gasteiger partial charge in [-0.2, -0.15) is 0 Å². The van der Waals surface area contributed by atoms with E-state index in [1.54, 1.807) is 6.07 Å². The average Bonchev–Trinajstić information content (AvgIpc) is 2.96. The second kappa shape index (κ2) is 8.82. The molecule has 0 spiro atoms. The molecular formula is C19H24N4O. The van der Waals surface area contributed by atoms with Crippen molar-refractivity contribution < 1.29 is 0 Å². The van der Waals surface area contributed by atoms with Crippen molar-refractivity contribution in [1.82, 2.24) is 19.6 Å². The van der Waals surface area contributed by atoms with E-state index < -0.39 is 0 Å². The number of benzene rings is 1. The van der Waals surface area contributed by atoms with Crippen LogP contribution in [0.15, 0.2) is 47.3 Å². The quantitative estimate of drug-likeness (QED) is 0.794. The van der Waals surface area contributed by atoms with Gasteiger partial charge in [0.1, 0.15) is 5.82 Å². The summed E-state index contributed by atoms with van der Waals surface area (Å²) in [5, 5.41) is 7.80. The molecule has 0 aliphatic rings. The van der Waals surface area contributed by atoms with Crippen LogP contribution in [-0.4, -0.2) is 19.6 Å². The third kappa shape index (κ3) is 4.65. The summed E-state index contributed by atoms with van der Waals surface area (Å²) in [4.78, 5) is 13.9. The fourth-order valence-corrected chi connectivity index (χ4v) is 2.41. The summed E-state index contributed by atoms with van der Waals surface area (Å²) in [6, 6.07) is 11.9. The lowest BCUT2D eigenvalue weighted by atomic mass is 10.2. The molecule has 0 aliphatic carbocycles. The van der Waals surface area contributed by atoms with Gasteiger partial charge in [0.15, 0.2) is 0 Å². The zero-order valence-electron chi connectivity index (χ0n) is 14.5. The van der Waals surface area contributed by atoms with Crippen LogP contribution in [0.25, 0.3) is 11.9 Å². The lowest BCUT2D eigenvalue weighted by Crippen LogP contribution is -2.12. The molecule has 126 valence electrons. The van der Waals surface area contributed by atoms with Crippen molar-refractivity contribution >= 4 is 11.9 Å². The number of allylic oxidation sites excluding steroid dienone is 1. The zero-order chi connectivity index (χ0) is 17.4. The van der Waals surface area contributed by atoms with E-state index in [1.165, 1.54) is 5.56 Å². The number of hydrogen-bond donors (Lipinski definition) is 1. The Morgan fingerprint density at radius 1 is 1.17 bits per heavy atom. The molecule has 0 unspecified atom stereocenters. The van der Waals surface area contributed by atoms with E-state index in [1.807, 2.05) is 17.4 Å². The first-order chi connectivity index (χ1) is 11.7. The smallest absolute Gasteiger partial charge is 0.252 e. The van der Waals surface area contributed by atoms with Gasteiger partial charge in [0, 0.05) is 11.8 Å². The maximum atomic E-state index is 11.3. The second-order valence-electron chi connectivity index (χ2n) is 5.50. The van der Waals surface area contributed by atoms with Crippen LogP contribution < -0.4 is 5.56 Å². The van der Waals surface area contributed by atoms with Crippen LogP contribution in [0.1, 0.15) is 43.8 Å². The van der Waals surface area contributed by atoms with Gasteiger partial charge in [-0.3, -0.25) is 14.2 Å². The average molecular weight is 324 g/mol. The van der Waals surface area contributed by atoms with Crippen LogP contribution in [0.3, 0.4) is 0 Å². The molecular weight excluding hydrogens is 300 g/mol. The van der Waals surface area contributed by atoms with Crippen LogP contribution in [0.4, 0.5) is 0 Å². The monoisotopic (exact) mass is 324 g/mol. The fourth-order valence-electron chi connectivity index (χ4n) is 2.41. The lowest BCUT2D eigenvalue weighted by Gasteiger charge is -2.02. The van der Waals surface area contributed by atoms with Crippen molar-refractivity contribution in [2.24, 2.45) is 0 Å². The zero-order valence-corrected chi connectivity index (χ0v) is 14.5. The number of fused-ring (bicyclic) bond motifs is 1. The Labute approximate surface area is 142 Å². The SMILES string of the molecule is CC/C=C/c1ccccc1.CCCc1cc(=O)[nH]c2nnc(C)n12. The van der Waals surface area contributed by atoms with Gasteiger partial charge in [-0.05, 0) is 25.3 Å². The maximum Gasteiger partial charge on any atom is 0.252 e. The number of aromatic nitrogens is 4. The fraction of sp³-hybridized carbons (Fsp3) is 0.316. The maximum absolute atomic E-state index is 11.3. The van der Waals surface area contributed by atoms with Crippen LogP contribution in [0, 0.1) is 6.92 Å². The predicted octanol–water partition coefficient (Wildman–Crippen LogP) is 3.79. The Bertz CT molecular complexity index is 847. The Kier molecular flexibility index (Phi) is 6.49. The lowest BCUT2D eigenvalue weighted by molar-refractivity contribution is 0.830. The second-order valence-corrected chi connectivity index (χ2v) is 5.50. The molecule has 0 fully saturated rings. The van der Waals surface area contributed by atoms with Gasteiger partial charge in [-0.25, -0.2) is 0 Å². The van der Waals surface area contributed by atoms with Crippen molar-refractivity contribution in [3.63, 3.8) is 0 Å². The molecule has 3 rings (SSSR count). The highest BCUT2D eigenvalue weighted by Crippen LogP contribution is 2.05. The molecule has 0 amide bonds. The topological polar surface area (TPSA) is 63.0 Å². The molecule has 3 aromatic rings. The van der Waals surface area contributed by atoms with Gasteiger partial charge in [0.05, 0.1) is 0 Å². The van der Waals surface area contributed by atoms with Gasteiger partial charge >= 0.3 is 0 Å². The van der Waals surface area contributed by atoms with Gasteiger partial charge in [-0.1, -0.05) is 62.8 Å². The first-order valence-electron chi connectivity index (χ1n) is 8.31. The number of nitrogens with one attached hydrogen (secondary N) is 1. The molecule has 0 aliphatic heterocycles. The molecule has 0 saturated heterocycles. The van der Waals surface area contributed by atoms with E-state index >= 15 is 0 Å². The van der Waals surface area contributed by atoms with Crippen LogP contribution in [0.5, 0.6) is 0 Å². The Balaban J connectivity index is 0.000000185. The van der Waals surface area contributed by atoms with E-state index in [0.29, 0.717) is 5.78 Å². The third-order valence-electron chi connectivity index (χ3n) is 3.50. The summed E-state index contributed by atoms with van der Waals surface area (Å²) in [5.74, 6) is 1.33. The van der Waals surface area contributed by atoms with E-state index in [4.69, 9.17) is 0 Å². The number of aromatic amines is 1. The Hall–Kier alpha value is -2.69. The van der Waals surface area contributed by atoms with E-state index in [0.717, 1.165) is 30.8 Å². The molecule has 0 radical (unpaired) electrons. The molecule has 0 atom stereocenters. The first kappa shape index (κ1) is 17.7. The molecule has 1 N–H and O–H groups in total. The molecule has 2 aromatic heterocycles. The van der Waals surface area contributed by atoms with Crippen molar-refractivity contribution in [1.29, 1.82) is 0 Å². The highest BCUT2D eigenvalue weighted by Gasteiger charge is 2.06. The minimum atomic E-state index is -0.117. The predicted molar refractivity (Wildman–Crippen MR) is 98.1 cm³/mol. The Morgan fingerprint density at radius 3 is 2.58 bits per heavy atom. The van der Waals surface area contributed by atoms with Gasteiger partial charge < -0.3 is 0 Å².